The predicted molar refractivity (Wildman–Crippen MR) is 166 cm³/mol. The van der Waals surface area contributed by atoms with E-state index in [-0.39, 0.29) is 25.7 Å². The molecule has 1 saturated carbocycles. The number of hydrogen-bond acceptors (Lipinski definition) is 8. The highest BCUT2D eigenvalue weighted by molar-refractivity contribution is 5.92. The third kappa shape index (κ3) is 11.3. The lowest BCUT2D eigenvalue weighted by Crippen LogP contribution is -2.53. The molecule has 0 aliphatic heterocycles. The van der Waals surface area contributed by atoms with Crippen molar-refractivity contribution < 1.29 is 38.1 Å². The number of carbonyl (C=O) groups is 4. The van der Waals surface area contributed by atoms with Crippen LogP contribution in [0.2, 0.25) is 0 Å². The van der Waals surface area contributed by atoms with Crippen molar-refractivity contribution in [3.8, 4) is 5.75 Å². The maximum atomic E-state index is 13.6. The zero-order valence-electron chi connectivity index (χ0n) is 25.4. The molecule has 0 bridgehead atoms. The lowest BCUT2D eigenvalue weighted by Gasteiger charge is -2.25. The van der Waals surface area contributed by atoms with Gasteiger partial charge >= 0.3 is 18.0 Å². The van der Waals surface area contributed by atoms with Gasteiger partial charge in [0.1, 0.15) is 37.2 Å². The second-order valence-electron chi connectivity index (χ2n) is 10.9. The van der Waals surface area contributed by atoms with Crippen molar-refractivity contribution in [2.24, 2.45) is 0 Å². The molecule has 3 aromatic rings. The van der Waals surface area contributed by atoms with E-state index >= 15 is 0 Å². The highest BCUT2D eigenvalue weighted by Crippen LogP contribution is 2.21. The molecule has 1 aliphatic rings. The van der Waals surface area contributed by atoms with Gasteiger partial charge in [0.15, 0.2) is 0 Å². The average molecular weight is 617 g/mol. The molecule has 2 unspecified atom stereocenters. The van der Waals surface area contributed by atoms with Crippen LogP contribution in [0.4, 0.5) is 4.79 Å². The third-order valence-corrected chi connectivity index (χ3v) is 7.47. The lowest BCUT2D eigenvalue weighted by atomic mass is 9.98. The average Bonchev–Trinajstić information content (AvgIpc) is 3.07. The third-order valence-electron chi connectivity index (χ3n) is 7.47. The van der Waals surface area contributed by atoms with E-state index < -0.39 is 42.4 Å². The molecule has 0 spiro atoms. The highest BCUT2D eigenvalue weighted by Gasteiger charge is 2.31. The number of benzene rings is 3. The summed E-state index contributed by atoms with van der Waals surface area (Å²) < 4.78 is 21.7. The summed E-state index contributed by atoms with van der Waals surface area (Å²) >= 11 is 0. The first-order chi connectivity index (χ1) is 21.9. The molecule has 1 aliphatic carbocycles. The van der Waals surface area contributed by atoms with E-state index in [1.165, 1.54) is 0 Å². The largest absolute Gasteiger partial charge is 0.497 e. The van der Waals surface area contributed by atoms with Gasteiger partial charge in [0.05, 0.1) is 13.5 Å². The van der Waals surface area contributed by atoms with E-state index in [0.29, 0.717) is 5.75 Å². The first-order valence-electron chi connectivity index (χ1n) is 15.2. The first-order valence-corrected chi connectivity index (χ1v) is 15.2. The van der Waals surface area contributed by atoms with Gasteiger partial charge in [-0.2, -0.15) is 0 Å². The van der Waals surface area contributed by atoms with Crippen molar-refractivity contribution in [2.45, 2.75) is 76.3 Å². The Morgan fingerprint density at radius 1 is 0.711 bits per heavy atom. The van der Waals surface area contributed by atoms with Crippen molar-refractivity contribution in [2.75, 3.05) is 7.11 Å². The van der Waals surface area contributed by atoms with Crippen LogP contribution in [0.15, 0.2) is 84.9 Å². The van der Waals surface area contributed by atoms with E-state index in [1.807, 2.05) is 48.5 Å². The standard InChI is InChI=1S/C35H40N2O8/c1-42-28-19-17-27(18-20-28)23-43-34(40)31(21-25-11-5-2-6-12-25)36-33(39)30(22-32(38)45-29-15-9-4-10-16-29)37-35(41)44-24-26-13-7-3-8-14-26/h2-3,5-8,11-14,17-20,29-31H,4,9-10,15-16,21-24H2,1H3,(H,36,39)(H,37,41). The minimum Gasteiger partial charge on any atom is -0.497 e. The van der Waals surface area contributed by atoms with Crippen molar-refractivity contribution in [1.29, 1.82) is 0 Å². The van der Waals surface area contributed by atoms with Gasteiger partial charge in [-0.05, 0) is 54.5 Å². The summed E-state index contributed by atoms with van der Waals surface area (Å²) in [7, 11) is 1.56. The summed E-state index contributed by atoms with van der Waals surface area (Å²) in [5.74, 6) is -1.36. The summed E-state index contributed by atoms with van der Waals surface area (Å²) in [5, 5.41) is 5.19. The van der Waals surface area contributed by atoms with Crippen LogP contribution in [0.25, 0.3) is 0 Å². The zero-order valence-corrected chi connectivity index (χ0v) is 25.4. The topological polar surface area (TPSA) is 129 Å². The lowest BCUT2D eigenvalue weighted by molar-refractivity contribution is -0.152. The molecule has 0 aromatic heterocycles. The molecule has 2 atom stereocenters. The summed E-state index contributed by atoms with van der Waals surface area (Å²) in [6.07, 6.45) is 3.13. The molecule has 1 fully saturated rings. The number of alkyl carbamates (subject to hydrolysis) is 1. The summed E-state index contributed by atoms with van der Waals surface area (Å²) in [5.41, 5.74) is 2.28. The summed E-state index contributed by atoms with van der Waals surface area (Å²) in [6.45, 7) is -0.0486. The molecule has 0 radical (unpaired) electrons. The molecular formula is C35H40N2O8. The number of methoxy groups -OCH3 is 1. The number of hydrogen-bond donors (Lipinski definition) is 2. The summed E-state index contributed by atoms with van der Waals surface area (Å²) in [6, 6.07) is 22.8. The Hall–Kier alpha value is -4.86. The van der Waals surface area contributed by atoms with E-state index in [9.17, 15) is 19.2 Å². The number of nitrogens with one attached hydrogen (secondary N) is 2. The van der Waals surface area contributed by atoms with Gasteiger partial charge in [0.25, 0.3) is 0 Å². The molecule has 4 rings (SSSR count). The van der Waals surface area contributed by atoms with E-state index in [4.69, 9.17) is 18.9 Å². The molecule has 10 nitrogen and oxygen atoms in total. The van der Waals surface area contributed by atoms with Gasteiger partial charge in [0.2, 0.25) is 5.91 Å². The van der Waals surface area contributed by atoms with Crippen molar-refractivity contribution >= 4 is 23.9 Å². The van der Waals surface area contributed by atoms with Crippen LogP contribution in [0.1, 0.15) is 55.2 Å². The van der Waals surface area contributed by atoms with Crippen LogP contribution in [0.5, 0.6) is 5.75 Å². The molecule has 0 saturated heterocycles. The fraction of sp³-hybridized carbons (Fsp3) is 0.371. The van der Waals surface area contributed by atoms with Crippen LogP contribution in [0.3, 0.4) is 0 Å². The van der Waals surface area contributed by atoms with Crippen LogP contribution in [0, 0.1) is 0 Å². The first kappa shape index (κ1) is 33.0. The Morgan fingerprint density at radius 2 is 1.31 bits per heavy atom. The Labute approximate surface area is 263 Å². The Morgan fingerprint density at radius 3 is 1.96 bits per heavy atom. The van der Waals surface area contributed by atoms with Crippen LogP contribution >= 0.6 is 0 Å². The van der Waals surface area contributed by atoms with Crippen LogP contribution in [-0.4, -0.2) is 49.2 Å². The van der Waals surface area contributed by atoms with E-state index in [2.05, 4.69) is 10.6 Å². The second kappa shape index (κ2) is 17.4. The van der Waals surface area contributed by atoms with Gasteiger partial charge in [-0.3, -0.25) is 9.59 Å². The molecule has 0 heterocycles. The molecule has 10 heteroatoms. The molecule has 45 heavy (non-hydrogen) atoms. The van der Waals surface area contributed by atoms with Crippen LogP contribution < -0.4 is 15.4 Å². The molecule has 3 aromatic carbocycles. The van der Waals surface area contributed by atoms with Crippen molar-refractivity contribution in [3.05, 3.63) is 102 Å². The number of ether oxygens (including phenoxy) is 4. The minimum atomic E-state index is -1.35. The van der Waals surface area contributed by atoms with Gasteiger partial charge in [-0.1, -0.05) is 79.2 Å². The fourth-order valence-corrected chi connectivity index (χ4v) is 4.99. The predicted octanol–water partition coefficient (Wildman–Crippen LogP) is 5.03. The SMILES string of the molecule is COc1ccc(COC(=O)C(Cc2ccccc2)NC(=O)C(CC(=O)OC2CCCCC2)NC(=O)OCc2ccccc2)cc1. The Balaban J connectivity index is 1.45. The van der Waals surface area contributed by atoms with Gasteiger partial charge < -0.3 is 29.6 Å². The fourth-order valence-electron chi connectivity index (χ4n) is 4.99. The Bertz CT molecular complexity index is 1380. The maximum Gasteiger partial charge on any atom is 0.408 e. The quantitative estimate of drug-likeness (QED) is 0.191. The minimum absolute atomic E-state index is 0.0226. The zero-order chi connectivity index (χ0) is 31.9. The molecule has 2 amide bonds. The number of esters is 2. The molecule has 2 N–H and O–H groups in total. The van der Waals surface area contributed by atoms with E-state index in [0.717, 1.165) is 48.8 Å². The van der Waals surface area contributed by atoms with Crippen LogP contribution in [-0.2, 0) is 48.2 Å². The second-order valence-corrected chi connectivity index (χ2v) is 10.9. The number of rotatable bonds is 14. The van der Waals surface area contributed by atoms with Crippen molar-refractivity contribution in [1.82, 2.24) is 10.6 Å². The Kier molecular flexibility index (Phi) is 12.8. The van der Waals surface area contributed by atoms with Gasteiger partial charge in [-0.15, -0.1) is 0 Å². The summed E-state index contributed by atoms with van der Waals surface area (Å²) in [4.78, 5) is 52.6. The molecule has 238 valence electrons. The smallest absolute Gasteiger partial charge is 0.408 e. The normalized spacial score (nSPS) is 14.3. The number of carbonyl (C=O) groups excluding carboxylic acids is 4. The molecular weight excluding hydrogens is 576 g/mol. The van der Waals surface area contributed by atoms with Gasteiger partial charge in [0, 0.05) is 6.42 Å². The van der Waals surface area contributed by atoms with Crippen molar-refractivity contribution in [3.63, 3.8) is 0 Å². The van der Waals surface area contributed by atoms with Gasteiger partial charge in [-0.25, -0.2) is 9.59 Å². The highest BCUT2D eigenvalue weighted by atomic mass is 16.6. The monoisotopic (exact) mass is 616 g/mol. The van der Waals surface area contributed by atoms with E-state index in [1.54, 1.807) is 43.5 Å². The maximum absolute atomic E-state index is 13.6. The number of amides is 2.